The molecule has 1 fully saturated rings. The minimum Gasteiger partial charge on any atom is -0.478 e. The molecular formula is C35H32ClN3O3S. The third-order valence-corrected chi connectivity index (χ3v) is 9.10. The second-order valence-electron chi connectivity index (χ2n) is 10.7. The van der Waals surface area contributed by atoms with Crippen molar-refractivity contribution >= 4 is 34.6 Å². The minimum atomic E-state index is -1.02. The van der Waals surface area contributed by atoms with E-state index in [2.05, 4.69) is 51.2 Å². The van der Waals surface area contributed by atoms with Crippen LogP contribution in [-0.2, 0) is 6.54 Å². The topological polar surface area (TPSA) is 65.9 Å². The van der Waals surface area contributed by atoms with Crippen molar-refractivity contribution in [1.82, 2.24) is 9.88 Å². The monoisotopic (exact) mass is 609 g/mol. The number of carboxylic acids is 1. The second-order valence-corrected chi connectivity index (χ2v) is 12.3. The molecule has 1 aliphatic rings. The SMILES string of the molecule is Cc1nc(C)c(-c2cccc(Oc3cc(N4CCN(Cc5ccccc5-c5ccc(Cl)cc5)CC4)ccc3C(=O)O)c2)s1. The molecule has 0 spiro atoms. The summed E-state index contributed by atoms with van der Waals surface area (Å²) in [6.07, 6.45) is 0. The molecule has 0 amide bonds. The third kappa shape index (κ3) is 6.59. The first-order valence-electron chi connectivity index (χ1n) is 14.2. The number of thiazole rings is 1. The number of aromatic carboxylic acids is 1. The van der Waals surface area contributed by atoms with Crippen LogP contribution in [0.3, 0.4) is 0 Å². The average Bonchev–Trinajstić information content (AvgIpc) is 3.36. The number of halogens is 1. The number of anilines is 1. The summed E-state index contributed by atoms with van der Waals surface area (Å²) in [6, 6.07) is 29.6. The van der Waals surface area contributed by atoms with Crippen LogP contribution >= 0.6 is 22.9 Å². The molecule has 0 bridgehead atoms. The van der Waals surface area contributed by atoms with Crippen molar-refractivity contribution < 1.29 is 14.6 Å². The Balaban J connectivity index is 1.17. The highest BCUT2D eigenvalue weighted by Crippen LogP contribution is 2.35. The van der Waals surface area contributed by atoms with Crippen LogP contribution in [0.4, 0.5) is 5.69 Å². The lowest BCUT2D eigenvalue weighted by Crippen LogP contribution is -2.46. The first-order chi connectivity index (χ1) is 20.8. The molecule has 6 rings (SSSR count). The van der Waals surface area contributed by atoms with Gasteiger partial charge in [0.25, 0.3) is 0 Å². The van der Waals surface area contributed by atoms with Crippen LogP contribution in [0.15, 0.2) is 91.0 Å². The lowest BCUT2D eigenvalue weighted by atomic mass is 9.99. The molecule has 1 aromatic heterocycles. The lowest BCUT2D eigenvalue weighted by Gasteiger charge is -2.36. The average molecular weight is 610 g/mol. The maximum atomic E-state index is 12.1. The van der Waals surface area contributed by atoms with Crippen molar-refractivity contribution in [3.8, 4) is 33.1 Å². The third-order valence-electron chi connectivity index (χ3n) is 7.73. The highest BCUT2D eigenvalue weighted by Gasteiger charge is 2.21. The van der Waals surface area contributed by atoms with Gasteiger partial charge in [-0.15, -0.1) is 11.3 Å². The van der Waals surface area contributed by atoms with Crippen molar-refractivity contribution in [2.75, 3.05) is 31.1 Å². The maximum absolute atomic E-state index is 12.1. The largest absolute Gasteiger partial charge is 0.478 e. The van der Waals surface area contributed by atoms with E-state index in [1.807, 2.05) is 62.4 Å². The first kappa shape index (κ1) is 28.9. The molecule has 43 heavy (non-hydrogen) atoms. The molecule has 0 unspecified atom stereocenters. The van der Waals surface area contributed by atoms with Crippen LogP contribution in [0.5, 0.6) is 11.5 Å². The highest BCUT2D eigenvalue weighted by molar-refractivity contribution is 7.15. The molecule has 1 N–H and O–H groups in total. The first-order valence-corrected chi connectivity index (χ1v) is 15.4. The molecule has 1 aliphatic heterocycles. The van der Waals surface area contributed by atoms with Gasteiger partial charge in [-0.1, -0.05) is 60.1 Å². The molecule has 0 atom stereocenters. The Morgan fingerprint density at radius 2 is 1.67 bits per heavy atom. The Morgan fingerprint density at radius 1 is 0.907 bits per heavy atom. The Kier molecular flexibility index (Phi) is 8.47. The van der Waals surface area contributed by atoms with E-state index in [1.165, 1.54) is 11.1 Å². The molecule has 8 heteroatoms. The second kappa shape index (κ2) is 12.6. The van der Waals surface area contributed by atoms with Crippen LogP contribution in [-0.4, -0.2) is 47.1 Å². The normalized spacial score (nSPS) is 13.7. The van der Waals surface area contributed by atoms with Crippen molar-refractivity contribution in [2.24, 2.45) is 0 Å². The van der Waals surface area contributed by atoms with Gasteiger partial charge in [0.15, 0.2) is 0 Å². The molecule has 0 saturated carbocycles. The zero-order chi connectivity index (χ0) is 29.9. The summed E-state index contributed by atoms with van der Waals surface area (Å²) in [6.45, 7) is 8.28. The van der Waals surface area contributed by atoms with Crippen LogP contribution < -0.4 is 9.64 Å². The number of aromatic nitrogens is 1. The summed E-state index contributed by atoms with van der Waals surface area (Å²) in [5.74, 6) is -0.0961. The quantitative estimate of drug-likeness (QED) is 0.190. The molecule has 2 heterocycles. The van der Waals surface area contributed by atoms with Crippen molar-refractivity contribution in [3.05, 3.63) is 118 Å². The van der Waals surface area contributed by atoms with E-state index in [9.17, 15) is 9.90 Å². The number of hydrogen-bond donors (Lipinski definition) is 1. The fourth-order valence-corrected chi connectivity index (χ4v) is 6.61. The Hall–Kier alpha value is -4.17. The predicted octanol–water partition coefficient (Wildman–Crippen LogP) is 8.56. The molecule has 1 saturated heterocycles. The standard InChI is InChI=1S/C35H32ClN3O3S/c1-23-34(43-24(2)37-23)26-7-5-8-30(20-26)42-33-21-29(14-15-32(33)35(40)41)39-18-16-38(17-19-39)22-27-6-3-4-9-31(27)25-10-12-28(36)13-11-25/h3-15,20-21H,16-19,22H2,1-2H3,(H,40,41). The lowest BCUT2D eigenvalue weighted by molar-refractivity contribution is 0.0694. The van der Waals surface area contributed by atoms with Gasteiger partial charge in [-0.2, -0.15) is 0 Å². The number of carboxylic acid groups (broad SMARTS) is 1. The van der Waals surface area contributed by atoms with E-state index in [4.69, 9.17) is 16.3 Å². The van der Waals surface area contributed by atoms with E-state index in [0.29, 0.717) is 11.5 Å². The van der Waals surface area contributed by atoms with E-state index in [1.54, 1.807) is 17.4 Å². The number of hydrogen-bond acceptors (Lipinski definition) is 6. The van der Waals surface area contributed by atoms with Gasteiger partial charge in [0.05, 0.1) is 15.6 Å². The fraction of sp³-hybridized carbons (Fsp3) is 0.200. The maximum Gasteiger partial charge on any atom is 0.339 e. The van der Waals surface area contributed by atoms with E-state index >= 15 is 0 Å². The van der Waals surface area contributed by atoms with Gasteiger partial charge in [-0.25, -0.2) is 9.78 Å². The van der Waals surface area contributed by atoms with Crippen LogP contribution in [0, 0.1) is 13.8 Å². The Labute approximate surface area is 260 Å². The number of piperazine rings is 1. The Morgan fingerprint density at radius 3 is 2.40 bits per heavy atom. The molecular weight excluding hydrogens is 578 g/mol. The summed E-state index contributed by atoms with van der Waals surface area (Å²) >= 11 is 7.75. The van der Waals surface area contributed by atoms with Crippen LogP contribution in [0.1, 0.15) is 26.6 Å². The molecule has 5 aromatic rings. The van der Waals surface area contributed by atoms with Gasteiger partial charge in [0.2, 0.25) is 0 Å². The zero-order valence-electron chi connectivity index (χ0n) is 24.1. The highest BCUT2D eigenvalue weighted by atomic mass is 35.5. The summed E-state index contributed by atoms with van der Waals surface area (Å²) in [4.78, 5) is 22.5. The van der Waals surface area contributed by atoms with Gasteiger partial charge in [0.1, 0.15) is 17.1 Å². The number of rotatable bonds is 8. The summed E-state index contributed by atoms with van der Waals surface area (Å²) in [7, 11) is 0. The number of nitrogens with zero attached hydrogens (tertiary/aromatic N) is 3. The molecule has 218 valence electrons. The van der Waals surface area contributed by atoms with E-state index in [-0.39, 0.29) is 5.56 Å². The van der Waals surface area contributed by atoms with Crippen molar-refractivity contribution in [3.63, 3.8) is 0 Å². The predicted molar refractivity (Wildman–Crippen MR) is 175 cm³/mol. The summed E-state index contributed by atoms with van der Waals surface area (Å²) in [5.41, 5.74) is 6.72. The van der Waals surface area contributed by atoms with Gasteiger partial charge >= 0.3 is 5.97 Å². The van der Waals surface area contributed by atoms with Gasteiger partial charge < -0.3 is 14.7 Å². The fourth-order valence-electron chi connectivity index (χ4n) is 5.57. The molecule has 6 nitrogen and oxygen atoms in total. The Bertz CT molecular complexity index is 1760. The summed E-state index contributed by atoms with van der Waals surface area (Å²) < 4.78 is 6.23. The molecule has 0 radical (unpaired) electrons. The minimum absolute atomic E-state index is 0.136. The van der Waals surface area contributed by atoms with E-state index in [0.717, 1.165) is 70.1 Å². The number of ether oxygens (including phenoxy) is 1. The zero-order valence-corrected chi connectivity index (χ0v) is 25.7. The summed E-state index contributed by atoms with van der Waals surface area (Å²) in [5, 5.41) is 11.6. The number of benzene rings is 4. The number of carbonyl (C=O) groups is 1. The van der Waals surface area contributed by atoms with E-state index < -0.39 is 5.97 Å². The van der Waals surface area contributed by atoms with Crippen LogP contribution in [0.25, 0.3) is 21.6 Å². The van der Waals surface area contributed by atoms with Crippen molar-refractivity contribution in [2.45, 2.75) is 20.4 Å². The number of aryl methyl sites for hydroxylation is 2. The van der Waals surface area contributed by atoms with Gasteiger partial charge in [-0.05, 0) is 72.5 Å². The molecule has 0 aliphatic carbocycles. The molecule has 4 aromatic carbocycles. The van der Waals surface area contributed by atoms with Gasteiger partial charge in [0, 0.05) is 49.5 Å². The van der Waals surface area contributed by atoms with Crippen LogP contribution in [0.2, 0.25) is 5.02 Å². The smallest absolute Gasteiger partial charge is 0.339 e. The van der Waals surface area contributed by atoms with Crippen molar-refractivity contribution in [1.29, 1.82) is 0 Å². The van der Waals surface area contributed by atoms with Gasteiger partial charge in [-0.3, -0.25) is 4.90 Å².